The molecule has 0 saturated carbocycles. The van der Waals surface area contributed by atoms with Crippen LogP contribution in [0.15, 0.2) is 48.7 Å². The molecule has 3 rings (SSSR count). The predicted octanol–water partition coefficient (Wildman–Crippen LogP) is 4.16. The van der Waals surface area contributed by atoms with E-state index < -0.39 is 17.5 Å². The van der Waals surface area contributed by atoms with Crippen LogP contribution in [0.4, 0.5) is 8.78 Å². The van der Waals surface area contributed by atoms with Crippen molar-refractivity contribution in [3.8, 4) is 11.5 Å². The molecule has 1 atom stereocenters. The normalized spacial score (nSPS) is 12.8. The average molecular weight is 467 g/mol. The molecule has 172 valence electrons. The second-order valence-corrected chi connectivity index (χ2v) is 7.54. The fraction of sp³-hybridized carbons (Fsp3) is 0.304. The summed E-state index contributed by atoms with van der Waals surface area (Å²) in [5.41, 5.74) is 1.71. The molecule has 32 heavy (non-hydrogen) atoms. The van der Waals surface area contributed by atoms with Crippen LogP contribution in [0.2, 0.25) is 5.02 Å². The summed E-state index contributed by atoms with van der Waals surface area (Å²) in [6.07, 6.45) is 3.07. The first kappa shape index (κ1) is 25.1. The molecule has 1 aliphatic heterocycles. The van der Waals surface area contributed by atoms with E-state index in [2.05, 4.69) is 17.2 Å². The standard InChI is InChI=1S/C14H16F2N2O3.C9H9ClO/c1-9(17-8-19)5-10(2)18-14(20)7-21-11-3-4-12(15)13(16)6-11;10-8-3-4-9-7(6-8)2-1-5-11-9/h3-4,6,8,10H,1,5,7H2,2H3,(H,17,19)(H,18,20);3-4,6H,1-2,5H2. The third-order valence-electron chi connectivity index (χ3n) is 4.35. The van der Waals surface area contributed by atoms with Crippen LogP contribution in [0.5, 0.6) is 11.5 Å². The van der Waals surface area contributed by atoms with Crippen molar-refractivity contribution in [1.29, 1.82) is 0 Å². The van der Waals surface area contributed by atoms with Crippen molar-refractivity contribution in [2.24, 2.45) is 0 Å². The highest BCUT2D eigenvalue weighted by Crippen LogP contribution is 2.27. The van der Waals surface area contributed by atoms with Crippen molar-refractivity contribution in [1.82, 2.24) is 10.6 Å². The number of hydrogen-bond donors (Lipinski definition) is 2. The zero-order valence-corrected chi connectivity index (χ0v) is 18.4. The highest BCUT2D eigenvalue weighted by atomic mass is 35.5. The highest BCUT2D eigenvalue weighted by molar-refractivity contribution is 6.30. The molecule has 0 aromatic heterocycles. The van der Waals surface area contributed by atoms with Crippen LogP contribution in [-0.2, 0) is 16.0 Å². The molecule has 1 aliphatic rings. The van der Waals surface area contributed by atoms with Gasteiger partial charge in [-0.25, -0.2) is 8.78 Å². The van der Waals surface area contributed by atoms with Gasteiger partial charge < -0.3 is 20.1 Å². The van der Waals surface area contributed by atoms with E-state index in [1.807, 2.05) is 18.2 Å². The second kappa shape index (κ2) is 12.7. The van der Waals surface area contributed by atoms with Crippen molar-refractivity contribution in [3.63, 3.8) is 0 Å². The Morgan fingerprint density at radius 2 is 2.06 bits per heavy atom. The Bertz CT molecular complexity index is 956. The maximum absolute atomic E-state index is 12.9. The molecular formula is C23H25ClF2N2O4. The Morgan fingerprint density at radius 1 is 1.28 bits per heavy atom. The minimum atomic E-state index is -1.04. The first-order valence-electron chi connectivity index (χ1n) is 9.95. The molecule has 0 spiro atoms. The van der Waals surface area contributed by atoms with Gasteiger partial charge in [0.25, 0.3) is 5.91 Å². The number of aryl methyl sites for hydroxylation is 1. The van der Waals surface area contributed by atoms with Gasteiger partial charge in [-0.15, -0.1) is 0 Å². The molecule has 2 N–H and O–H groups in total. The number of amides is 2. The maximum atomic E-state index is 12.9. The number of carbonyl (C=O) groups excluding carboxylic acids is 2. The lowest BCUT2D eigenvalue weighted by Gasteiger charge is -2.16. The molecule has 2 aromatic carbocycles. The molecule has 0 bridgehead atoms. The third kappa shape index (κ3) is 8.55. The first-order chi connectivity index (χ1) is 15.3. The fourth-order valence-corrected chi connectivity index (χ4v) is 3.12. The summed E-state index contributed by atoms with van der Waals surface area (Å²) in [6.45, 7) is 5.84. The summed E-state index contributed by atoms with van der Waals surface area (Å²) < 4.78 is 36.1. The van der Waals surface area contributed by atoms with E-state index in [1.54, 1.807) is 6.92 Å². The van der Waals surface area contributed by atoms with Gasteiger partial charge in [0.2, 0.25) is 6.41 Å². The van der Waals surface area contributed by atoms with Crippen LogP contribution in [0.3, 0.4) is 0 Å². The van der Waals surface area contributed by atoms with Gasteiger partial charge in [0.05, 0.1) is 6.61 Å². The lowest BCUT2D eigenvalue weighted by Crippen LogP contribution is -2.37. The van der Waals surface area contributed by atoms with Gasteiger partial charge in [-0.1, -0.05) is 18.2 Å². The number of ether oxygens (including phenoxy) is 2. The highest BCUT2D eigenvalue weighted by Gasteiger charge is 2.11. The number of halogens is 3. The summed E-state index contributed by atoms with van der Waals surface area (Å²) in [6, 6.07) is 8.54. The Kier molecular flexibility index (Phi) is 9.94. The monoisotopic (exact) mass is 466 g/mol. The molecule has 0 aliphatic carbocycles. The summed E-state index contributed by atoms with van der Waals surface area (Å²) in [5, 5.41) is 5.80. The van der Waals surface area contributed by atoms with E-state index in [9.17, 15) is 18.4 Å². The topological polar surface area (TPSA) is 76.7 Å². The van der Waals surface area contributed by atoms with Crippen molar-refractivity contribution < 1.29 is 27.8 Å². The molecule has 0 radical (unpaired) electrons. The number of hydrogen-bond acceptors (Lipinski definition) is 4. The van der Waals surface area contributed by atoms with E-state index in [0.29, 0.717) is 18.5 Å². The van der Waals surface area contributed by atoms with Crippen molar-refractivity contribution in [2.75, 3.05) is 13.2 Å². The zero-order valence-electron chi connectivity index (χ0n) is 17.6. The van der Waals surface area contributed by atoms with Crippen LogP contribution < -0.4 is 20.1 Å². The van der Waals surface area contributed by atoms with Crippen LogP contribution in [-0.4, -0.2) is 31.6 Å². The molecule has 2 aromatic rings. The smallest absolute Gasteiger partial charge is 0.258 e. The molecule has 1 unspecified atom stereocenters. The van der Waals surface area contributed by atoms with Crippen LogP contribution in [0.1, 0.15) is 25.3 Å². The van der Waals surface area contributed by atoms with E-state index in [-0.39, 0.29) is 18.4 Å². The van der Waals surface area contributed by atoms with Crippen LogP contribution in [0.25, 0.3) is 0 Å². The minimum absolute atomic E-state index is 0.0590. The van der Waals surface area contributed by atoms with Gasteiger partial charge in [-0.3, -0.25) is 9.59 Å². The molecule has 2 amide bonds. The maximum Gasteiger partial charge on any atom is 0.258 e. The number of fused-ring (bicyclic) bond motifs is 1. The van der Waals surface area contributed by atoms with Crippen molar-refractivity contribution in [2.45, 2.75) is 32.2 Å². The summed E-state index contributed by atoms with van der Waals surface area (Å²) in [5.74, 6) is -1.39. The van der Waals surface area contributed by atoms with E-state index in [0.717, 1.165) is 42.4 Å². The summed E-state index contributed by atoms with van der Waals surface area (Å²) in [4.78, 5) is 21.8. The molecule has 0 fully saturated rings. The third-order valence-corrected chi connectivity index (χ3v) is 4.59. The zero-order chi connectivity index (χ0) is 23.5. The molecule has 0 saturated heterocycles. The lowest BCUT2D eigenvalue weighted by molar-refractivity contribution is -0.123. The molecule has 6 nitrogen and oxygen atoms in total. The summed E-state index contributed by atoms with van der Waals surface area (Å²) in [7, 11) is 0. The first-order valence-corrected chi connectivity index (χ1v) is 10.3. The quantitative estimate of drug-likeness (QED) is 0.573. The Labute approximate surface area is 190 Å². The lowest BCUT2D eigenvalue weighted by atomic mass is 10.1. The average Bonchev–Trinajstić information content (AvgIpc) is 2.75. The fourth-order valence-electron chi connectivity index (χ4n) is 2.92. The Hall–Kier alpha value is -3.13. The van der Waals surface area contributed by atoms with Gasteiger partial charge in [0.1, 0.15) is 11.5 Å². The predicted molar refractivity (Wildman–Crippen MR) is 118 cm³/mol. The van der Waals surface area contributed by atoms with Gasteiger partial charge >= 0.3 is 0 Å². The number of nitrogens with one attached hydrogen (secondary N) is 2. The SMILES string of the molecule is C=C(CC(C)NC(=O)COc1ccc(F)c(F)c1)NC=O.Clc1ccc2c(c1)CCCO2. The molecule has 1 heterocycles. The van der Waals surface area contributed by atoms with E-state index in [4.69, 9.17) is 21.1 Å². The second-order valence-electron chi connectivity index (χ2n) is 7.11. The largest absolute Gasteiger partial charge is 0.493 e. The van der Waals surface area contributed by atoms with Crippen molar-refractivity contribution in [3.05, 3.63) is 70.9 Å². The Balaban J connectivity index is 0.000000273. The van der Waals surface area contributed by atoms with Crippen molar-refractivity contribution >= 4 is 23.9 Å². The van der Waals surface area contributed by atoms with Crippen LogP contribution >= 0.6 is 11.6 Å². The molecular weight excluding hydrogens is 442 g/mol. The van der Waals surface area contributed by atoms with Crippen LogP contribution in [0, 0.1) is 11.6 Å². The van der Waals surface area contributed by atoms with E-state index in [1.165, 1.54) is 11.6 Å². The number of rotatable bonds is 8. The summed E-state index contributed by atoms with van der Waals surface area (Å²) >= 11 is 5.82. The number of benzene rings is 2. The molecule has 9 heteroatoms. The van der Waals surface area contributed by atoms with Gasteiger partial charge in [-0.2, -0.15) is 0 Å². The van der Waals surface area contributed by atoms with Gasteiger partial charge in [-0.05, 0) is 55.7 Å². The minimum Gasteiger partial charge on any atom is -0.493 e. The Morgan fingerprint density at radius 3 is 2.78 bits per heavy atom. The number of carbonyl (C=O) groups is 2. The van der Waals surface area contributed by atoms with Gasteiger partial charge in [0, 0.05) is 29.2 Å². The van der Waals surface area contributed by atoms with E-state index >= 15 is 0 Å². The van der Waals surface area contributed by atoms with Gasteiger partial charge in [0.15, 0.2) is 18.2 Å².